The van der Waals surface area contributed by atoms with Gasteiger partial charge in [0.05, 0.1) is 12.0 Å². The molecule has 5 heteroatoms. The lowest BCUT2D eigenvalue weighted by Gasteiger charge is -2.28. The molecule has 1 N–H and O–H groups in total. The average molecular weight is 293 g/mol. The molecule has 0 bridgehead atoms. The van der Waals surface area contributed by atoms with Gasteiger partial charge in [-0.15, -0.1) is 0 Å². The van der Waals surface area contributed by atoms with E-state index in [0.29, 0.717) is 24.9 Å². The van der Waals surface area contributed by atoms with Gasteiger partial charge in [-0.05, 0) is 43.4 Å². The van der Waals surface area contributed by atoms with Crippen molar-refractivity contribution in [3.8, 4) is 0 Å². The van der Waals surface area contributed by atoms with E-state index in [1.807, 2.05) is 4.90 Å². The highest BCUT2D eigenvalue weighted by Crippen LogP contribution is 2.52. The molecule has 2 saturated heterocycles. The van der Waals surface area contributed by atoms with Gasteiger partial charge in [0.25, 0.3) is 5.91 Å². The van der Waals surface area contributed by atoms with E-state index in [-0.39, 0.29) is 30.0 Å². The van der Waals surface area contributed by atoms with Gasteiger partial charge in [0.2, 0.25) is 0 Å². The van der Waals surface area contributed by atoms with Crippen molar-refractivity contribution < 1.29 is 19.4 Å². The minimum atomic E-state index is -0.692. The summed E-state index contributed by atoms with van der Waals surface area (Å²) in [6, 6.07) is 0. The zero-order chi connectivity index (χ0) is 14.6. The molecular weight excluding hydrogens is 270 g/mol. The van der Waals surface area contributed by atoms with E-state index < -0.39 is 5.97 Å². The van der Waals surface area contributed by atoms with Gasteiger partial charge in [0.15, 0.2) is 0 Å². The Morgan fingerprint density at radius 1 is 1.10 bits per heavy atom. The van der Waals surface area contributed by atoms with E-state index in [1.165, 1.54) is 19.3 Å². The SMILES string of the molecule is O=C(O)[C@@H]1[C@@H]2CCN(C(=O)C3C[C@@H]4CCCC[C@H]4O3)C[C@@H]21. The summed E-state index contributed by atoms with van der Waals surface area (Å²) in [6.07, 6.45) is 6.51. The van der Waals surface area contributed by atoms with Crippen LogP contribution in [0.5, 0.6) is 0 Å². The first-order valence-electron chi connectivity index (χ1n) is 8.32. The fourth-order valence-electron chi connectivity index (χ4n) is 4.83. The Hall–Kier alpha value is -1.10. The molecule has 6 atom stereocenters. The second-order valence-electron chi connectivity index (χ2n) is 7.21. The zero-order valence-corrected chi connectivity index (χ0v) is 12.2. The maximum absolute atomic E-state index is 12.6. The van der Waals surface area contributed by atoms with Gasteiger partial charge in [0.1, 0.15) is 6.10 Å². The molecule has 0 spiro atoms. The first-order chi connectivity index (χ1) is 10.1. The number of fused-ring (bicyclic) bond motifs is 2. The van der Waals surface area contributed by atoms with E-state index in [2.05, 4.69) is 0 Å². The molecule has 2 saturated carbocycles. The molecule has 1 amide bonds. The summed E-state index contributed by atoms with van der Waals surface area (Å²) >= 11 is 0. The van der Waals surface area contributed by atoms with Gasteiger partial charge in [-0.3, -0.25) is 9.59 Å². The fourth-order valence-corrected chi connectivity index (χ4v) is 4.83. The summed E-state index contributed by atoms with van der Waals surface area (Å²) in [6.45, 7) is 1.33. The Morgan fingerprint density at radius 2 is 1.90 bits per heavy atom. The first-order valence-corrected chi connectivity index (χ1v) is 8.32. The Kier molecular flexibility index (Phi) is 3.21. The maximum atomic E-state index is 12.6. The van der Waals surface area contributed by atoms with Gasteiger partial charge in [0, 0.05) is 13.1 Å². The molecule has 21 heavy (non-hydrogen) atoms. The molecule has 1 unspecified atom stereocenters. The quantitative estimate of drug-likeness (QED) is 0.838. The molecule has 5 nitrogen and oxygen atoms in total. The molecule has 0 aromatic rings. The van der Waals surface area contributed by atoms with E-state index in [9.17, 15) is 9.59 Å². The fraction of sp³-hybridized carbons (Fsp3) is 0.875. The number of hydrogen-bond acceptors (Lipinski definition) is 3. The Bertz CT molecular complexity index is 451. The number of hydrogen-bond donors (Lipinski definition) is 1. The molecule has 4 rings (SSSR count). The number of rotatable bonds is 2. The molecule has 0 aromatic carbocycles. The van der Waals surface area contributed by atoms with Crippen LogP contribution >= 0.6 is 0 Å². The van der Waals surface area contributed by atoms with Crippen molar-refractivity contribution in [3.05, 3.63) is 0 Å². The number of carbonyl (C=O) groups is 2. The van der Waals surface area contributed by atoms with E-state index in [1.54, 1.807) is 0 Å². The molecule has 2 aliphatic carbocycles. The number of piperidine rings is 1. The second-order valence-corrected chi connectivity index (χ2v) is 7.21. The van der Waals surface area contributed by atoms with Crippen LogP contribution in [0.2, 0.25) is 0 Å². The Balaban J connectivity index is 1.37. The van der Waals surface area contributed by atoms with Crippen LogP contribution < -0.4 is 0 Å². The third-order valence-corrected chi connectivity index (χ3v) is 6.06. The third kappa shape index (κ3) is 2.26. The number of carbonyl (C=O) groups excluding carboxylic acids is 1. The highest BCUT2D eigenvalue weighted by atomic mass is 16.5. The number of aliphatic carboxylic acids is 1. The predicted molar refractivity (Wildman–Crippen MR) is 74.5 cm³/mol. The molecular formula is C16H23NO4. The van der Waals surface area contributed by atoms with Crippen LogP contribution in [-0.4, -0.2) is 47.2 Å². The van der Waals surface area contributed by atoms with Gasteiger partial charge in [-0.25, -0.2) is 0 Å². The van der Waals surface area contributed by atoms with Gasteiger partial charge >= 0.3 is 5.97 Å². The van der Waals surface area contributed by atoms with Crippen molar-refractivity contribution in [1.82, 2.24) is 4.90 Å². The van der Waals surface area contributed by atoms with Crippen molar-refractivity contribution in [2.24, 2.45) is 23.7 Å². The monoisotopic (exact) mass is 293 g/mol. The number of nitrogens with zero attached hydrogens (tertiary/aromatic N) is 1. The Morgan fingerprint density at radius 3 is 2.67 bits per heavy atom. The molecule has 2 aliphatic heterocycles. The number of ether oxygens (including phenoxy) is 1. The molecule has 4 aliphatic rings. The van der Waals surface area contributed by atoms with E-state index in [4.69, 9.17) is 9.84 Å². The van der Waals surface area contributed by atoms with Crippen LogP contribution in [0, 0.1) is 23.7 Å². The number of likely N-dealkylation sites (tertiary alicyclic amines) is 1. The van der Waals surface area contributed by atoms with Crippen LogP contribution in [0.15, 0.2) is 0 Å². The van der Waals surface area contributed by atoms with Crippen LogP contribution in [0.25, 0.3) is 0 Å². The average Bonchev–Trinajstić information content (AvgIpc) is 3.05. The summed E-state index contributed by atoms with van der Waals surface area (Å²) in [5.41, 5.74) is 0. The van der Waals surface area contributed by atoms with Crippen LogP contribution in [-0.2, 0) is 14.3 Å². The third-order valence-electron chi connectivity index (χ3n) is 6.06. The van der Waals surface area contributed by atoms with Gasteiger partial charge in [-0.1, -0.05) is 12.8 Å². The lowest BCUT2D eigenvalue weighted by molar-refractivity contribution is -0.144. The van der Waals surface area contributed by atoms with Gasteiger partial charge < -0.3 is 14.7 Å². The van der Waals surface area contributed by atoms with Crippen LogP contribution in [0.3, 0.4) is 0 Å². The maximum Gasteiger partial charge on any atom is 0.307 e. The van der Waals surface area contributed by atoms with Crippen molar-refractivity contribution in [1.29, 1.82) is 0 Å². The topological polar surface area (TPSA) is 66.8 Å². The van der Waals surface area contributed by atoms with Crippen LogP contribution in [0.4, 0.5) is 0 Å². The van der Waals surface area contributed by atoms with E-state index >= 15 is 0 Å². The highest BCUT2D eigenvalue weighted by Gasteiger charge is 2.58. The second kappa shape index (κ2) is 4.97. The zero-order valence-electron chi connectivity index (χ0n) is 12.2. The predicted octanol–water partition coefficient (Wildman–Crippen LogP) is 1.51. The summed E-state index contributed by atoms with van der Waals surface area (Å²) in [5.74, 6) is 0.261. The lowest BCUT2D eigenvalue weighted by Crippen LogP contribution is -2.43. The smallest absolute Gasteiger partial charge is 0.307 e. The van der Waals surface area contributed by atoms with Crippen LogP contribution in [0.1, 0.15) is 38.5 Å². The molecule has 4 fully saturated rings. The van der Waals surface area contributed by atoms with Crippen molar-refractivity contribution >= 4 is 11.9 Å². The van der Waals surface area contributed by atoms with Crippen molar-refractivity contribution in [2.75, 3.05) is 13.1 Å². The summed E-state index contributed by atoms with van der Waals surface area (Å²) < 4.78 is 6.00. The lowest BCUT2D eigenvalue weighted by atomic mass is 9.85. The minimum absolute atomic E-state index is 0.110. The highest BCUT2D eigenvalue weighted by molar-refractivity contribution is 5.82. The number of carboxylic acids is 1. The van der Waals surface area contributed by atoms with Crippen molar-refractivity contribution in [2.45, 2.75) is 50.7 Å². The molecule has 2 heterocycles. The summed E-state index contributed by atoms with van der Waals surface area (Å²) in [7, 11) is 0. The van der Waals surface area contributed by atoms with Gasteiger partial charge in [-0.2, -0.15) is 0 Å². The minimum Gasteiger partial charge on any atom is -0.481 e. The number of carboxylic acid groups (broad SMARTS) is 1. The standard InChI is InChI=1S/C16H23NO4/c18-15(13-7-9-3-1-2-4-12(9)21-13)17-6-5-10-11(8-17)14(10)16(19)20/h9-14H,1-8H2,(H,19,20)/t9-,10+,11-,12+,13?,14+/m0/s1. The first kappa shape index (κ1) is 13.6. The molecule has 0 radical (unpaired) electrons. The van der Waals surface area contributed by atoms with E-state index in [0.717, 1.165) is 19.3 Å². The molecule has 0 aromatic heterocycles. The van der Waals surface area contributed by atoms with Crippen molar-refractivity contribution in [3.63, 3.8) is 0 Å². The Labute approximate surface area is 124 Å². The number of amides is 1. The summed E-state index contributed by atoms with van der Waals surface area (Å²) in [5, 5.41) is 9.13. The summed E-state index contributed by atoms with van der Waals surface area (Å²) in [4.78, 5) is 25.6. The normalized spacial score (nSPS) is 44.9. The molecule has 116 valence electrons. The largest absolute Gasteiger partial charge is 0.481 e.